The lowest BCUT2D eigenvalue weighted by Gasteiger charge is -2.18. The molecular formula is C14H20N6O3S2. The van der Waals surface area contributed by atoms with E-state index in [-0.39, 0.29) is 16.6 Å². The predicted molar refractivity (Wildman–Crippen MR) is 94.7 cm³/mol. The van der Waals surface area contributed by atoms with Crippen molar-refractivity contribution in [2.24, 2.45) is 7.05 Å². The molecule has 0 bridgehead atoms. The lowest BCUT2D eigenvalue weighted by atomic mass is 10.3. The van der Waals surface area contributed by atoms with Crippen LogP contribution in [0.4, 0.5) is 5.69 Å². The maximum absolute atomic E-state index is 12.4. The molecule has 1 N–H and O–H groups in total. The largest absolute Gasteiger partial charge is 0.325 e. The van der Waals surface area contributed by atoms with Crippen LogP contribution in [0.2, 0.25) is 0 Å². The summed E-state index contributed by atoms with van der Waals surface area (Å²) in [6.45, 7) is 4.40. The van der Waals surface area contributed by atoms with Gasteiger partial charge in [-0.05, 0) is 34.7 Å². The van der Waals surface area contributed by atoms with Crippen molar-refractivity contribution in [2.45, 2.75) is 23.9 Å². The number of anilines is 1. The van der Waals surface area contributed by atoms with Crippen LogP contribution in [0.3, 0.4) is 0 Å². The lowest BCUT2D eigenvalue weighted by molar-refractivity contribution is -0.113. The number of amides is 1. The van der Waals surface area contributed by atoms with Gasteiger partial charge in [-0.1, -0.05) is 25.6 Å². The van der Waals surface area contributed by atoms with Crippen molar-refractivity contribution in [2.75, 3.05) is 24.2 Å². The summed E-state index contributed by atoms with van der Waals surface area (Å²) in [5.41, 5.74) is 0.528. The first-order valence-corrected chi connectivity index (χ1v) is 10.1. The second-order valence-corrected chi connectivity index (χ2v) is 7.92. The van der Waals surface area contributed by atoms with E-state index in [2.05, 4.69) is 20.8 Å². The SMILES string of the molecule is CCN(CC)S(=O)(=O)c1ccc(NC(=O)CSc2nnnn2C)cc1. The van der Waals surface area contributed by atoms with Gasteiger partial charge in [0, 0.05) is 25.8 Å². The van der Waals surface area contributed by atoms with Crippen LogP contribution in [0.1, 0.15) is 13.8 Å². The van der Waals surface area contributed by atoms with Gasteiger partial charge in [0.1, 0.15) is 0 Å². The van der Waals surface area contributed by atoms with Crippen LogP contribution in [-0.4, -0.2) is 57.7 Å². The van der Waals surface area contributed by atoms with E-state index in [1.165, 1.54) is 32.9 Å². The molecule has 0 aliphatic carbocycles. The molecule has 0 aliphatic rings. The normalized spacial score (nSPS) is 11.7. The quantitative estimate of drug-likeness (QED) is 0.675. The molecule has 0 saturated heterocycles. The lowest BCUT2D eigenvalue weighted by Crippen LogP contribution is -2.30. The summed E-state index contributed by atoms with van der Waals surface area (Å²) < 4.78 is 27.7. The van der Waals surface area contributed by atoms with Gasteiger partial charge in [0.05, 0.1) is 10.6 Å². The number of carbonyl (C=O) groups excluding carboxylic acids is 1. The van der Waals surface area contributed by atoms with Crippen molar-refractivity contribution in [1.82, 2.24) is 24.5 Å². The molecule has 1 amide bonds. The highest BCUT2D eigenvalue weighted by Crippen LogP contribution is 2.19. The van der Waals surface area contributed by atoms with Gasteiger partial charge in [-0.3, -0.25) is 4.79 Å². The molecule has 0 radical (unpaired) electrons. The maximum Gasteiger partial charge on any atom is 0.243 e. The summed E-state index contributed by atoms with van der Waals surface area (Å²) in [6, 6.07) is 6.12. The van der Waals surface area contributed by atoms with Crippen molar-refractivity contribution in [3.63, 3.8) is 0 Å². The summed E-state index contributed by atoms with van der Waals surface area (Å²) in [5.74, 6) is -0.0828. The molecule has 0 fully saturated rings. The van der Waals surface area contributed by atoms with Gasteiger partial charge in [0.25, 0.3) is 0 Å². The third kappa shape index (κ3) is 4.77. The topological polar surface area (TPSA) is 110 Å². The Morgan fingerprint density at radius 3 is 2.40 bits per heavy atom. The molecule has 9 nitrogen and oxygen atoms in total. The Bertz CT molecular complexity index is 815. The van der Waals surface area contributed by atoms with Gasteiger partial charge in [-0.25, -0.2) is 13.1 Å². The van der Waals surface area contributed by atoms with Crippen molar-refractivity contribution < 1.29 is 13.2 Å². The molecule has 136 valence electrons. The van der Waals surface area contributed by atoms with Gasteiger partial charge in [0.15, 0.2) is 0 Å². The first-order valence-electron chi connectivity index (χ1n) is 7.63. The molecule has 11 heteroatoms. The van der Waals surface area contributed by atoms with Gasteiger partial charge >= 0.3 is 0 Å². The Labute approximate surface area is 150 Å². The second kappa shape index (κ2) is 8.41. The summed E-state index contributed by atoms with van der Waals surface area (Å²) in [5, 5.41) is 14.2. The van der Waals surface area contributed by atoms with Crippen molar-refractivity contribution in [3.8, 4) is 0 Å². The average molecular weight is 384 g/mol. The molecular weight excluding hydrogens is 364 g/mol. The van der Waals surface area contributed by atoms with E-state index in [9.17, 15) is 13.2 Å². The van der Waals surface area contributed by atoms with Gasteiger partial charge in [-0.15, -0.1) is 5.10 Å². The molecule has 0 atom stereocenters. The molecule has 1 heterocycles. The minimum absolute atomic E-state index is 0.147. The fourth-order valence-electron chi connectivity index (χ4n) is 2.09. The van der Waals surface area contributed by atoms with E-state index < -0.39 is 10.0 Å². The van der Waals surface area contributed by atoms with E-state index >= 15 is 0 Å². The van der Waals surface area contributed by atoms with E-state index in [0.29, 0.717) is 23.9 Å². The number of aryl methyl sites for hydroxylation is 1. The smallest absolute Gasteiger partial charge is 0.243 e. The van der Waals surface area contributed by atoms with E-state index in [0.717, 1.165) is 0 Å². The van der Waals surface area contributed by atoms with Crippen molar-refractivity contribution in [1.29, 1.82) is 0 Å². The molecule has 0 aliphatic heterocycles. The van der Waals surface area contributed by atoms with Crippen LogP contribution < -0.4 is 5.32 Å². The fraction of sp³-hybridized carbons (Fsp3) is 0.429. The van der Waals surface area contributed by atoms with Crippen LogP contribution in [-0.2, 0) is 21.9 Å². The van der Waals surface area contributed by atoms with Crippen molar-refractivity contribution in [3.05, 3.63) is 24.3 Å². The maximum atomic E-state index is 12.4. The highest BCUT2D eigenvalue weighted by atomic mass is 32.2. The molecule has 2 aromatic rings. The van der Waals surface area contributed by atoms with Gasteiger partial charge < -0.3 is 5.32 Å². The summed E-state index contributed by atoms with van der Waals surface area (Å²) >= 11 is 1.21. The molecule has 1 aromatic heterocycles. The minimum atomic E-state index is -3.50. The Balaban J connectivity index is 1.98. The number of tetrazole rings is 1. The van der Waals surface area contributed by atoms with Crippen LogP contribution in [0, 0.1) is 0 Å². The van der Waals surface area contributed by atoms with Crippen LogP contribution in [0.15, 0.2) is 34.3 Å². The standard InChI is InChI=1S/C14H20N6O3S2/c1-4-20(5-2)25(22,23)12-8-6-11(7-9-12)15-13(21)10-24-14-16-17-18-19(14)3/h6-9H,4-5,10H2,1-3H3,(H,15,21). The summed E-state index contributed by atoms with van der Waals surface area (Å²) in [6.07, 6.45) is 0. The molecule has 0 saturated carbocycles. The third-order valence-corrected chi connectivity index (χ3v) is 6.47. The van der Waals surface area contributed by atoms with E-state index in [1.807, 2.05) is 0 Å². The third-order valence-electron chi connectivity index (χ3n) is 3.39. The second-order valence-electron chi connectivity index (χ2n) is 5.04. The van der Waals surface area contributed by atoms with Crippen molar-refractivity contribution >= 4 is 33.4 Å². The number of nitrogens with one attached hydrogen (secondary N) is 1. The number of benzene rings is 1. The Hall–Kier alpha value is -1.98. The van der Waals surface area contributed by atoms with Crippen LogP contribution in [0.25, 0.3) is 0 Å². The minimum Gasteiger partial charge on any atom is -0.325 e. The highest BCUT2D eigenvalue weighted by Gasteiger charge is 2.21. The zero-order valence-electron chi connectivity index (χ0n) is 14.2. The van der Waals surface area contributed by atoms with E-state index in [4.69, 9.17) is 0 Å². The zero-order valence-corrected chi connectivity index (χ0v) is 15.8. The number of rotatable bonds is 8. The molecule has 0 spiro atoms. The van der Waals surface area contributed by atoms with E-state index in [1.54, 1.807) is 33.0 Å². The zero-order chi connectivity index (χ0) is 18.4. The number of hydrogen-bond acceptors (Lipinski definition) is 7. The molecule has 25 heavy (non-hydrogen) atoms. The summed E-state index contributed by atoms with van der Waals surface area (Å²) in [7, 11) is -1.81. The van der Waals surface area contributed by atoms with Crippen LogP contribution in [0.5, 0.6) is 0 Å². The number of carbonyl (C=O) groups is 1. The monoisotopic (exact) mass is 384 g/mol. The predicted octanol–water partition coefficient (Wildman–Crippen LogP) is 0.971. The number of aromatic nitrogens is 4. The Kier molecular flexibility index (Phi) is 6.51. The number of nitrogens with zero attached hydrogens (tertiary/aromatic N) is 5. The number of hydrogen-bond donors (Lipinski definition) is 1. The molecule has 1 aromatic carbocycles. The van der Waals surface area contributed by atoms with Crippen LogP contribution >= 0.6 is 11.8 Å². The molecule has 2 rings (SSSR count). The number of thioether (sulfide) groups is 1. The Morgan fingerprint density at radius 1 is 1.24 bits per heavy atom. The first kappa shape index (κ1) is 19.3. The molecule has 0 unspecified atom stereocenters. The average Bonchev–Trinajstić information content (AvgIpc) is 2.99. The fourth-order valence-corrected chi connectivity index (χ4v) is 4.20. The summed E-state index contributed by atoms with van der Waals surface area (Å²) in [4.78, 5) is 12.2. The first-order chi connectivity index (χ1) is 11.9. The Morgan fingerprint density at radius 2 is 1.88 bits per heavy atom. The number of sulfonamides is 1. The van der Waals surface area contributed by atoms with Gasteiger partial charge in [0.2, 0.25) is 21.1 Å². The highest BCUT2D eigenvalue weighted by molar-refractivity contribution is 7.99. The van der Waals surface area contributed by atoms with Gasteiger partial charge in [-0.2, -0.15) is 4.31 Å².